The molecule has 0 aromatic carbocycles. The standard InChI is InChI=1S/C23H24N4O3/c1-13-3-4-17(10-25-13)21-19(14(2)30-27-21)12-29-20-9-16-7-8-24-22(18(16)11-26-20)23(28)15-5-6-15/h3-4,9-11,15,22,24H,5-8,12H2,1-2H3. The number of fused-ring (bicyclic) bond motifs is 1. The first-order valence-corrected chi connectivity index (χ1v) is 10.4. The van der Waals surface area contributed by atoms with Gasteiger partial charge in [-0.3, -0.25) is 9.78 Å². The lowest BCUT2D eigenvalue weighted by molar-refractivity contribution is -0.122. The molecule has 30 heavy (non-hydrogen) atoms. The number of ketones is 1. The van der Waals surface area contributed by atoms with Crippen LogP contribution in [0.3, 0.4) is 0 Å². The molecule has 7 heteroatoms. The van der Waals surface area contributed by atoms with E-state index in [0.29, 0.717) is 24.0 Å². The predicted octanol–water partition coefficient (Wildman–Crippen LogP) is 3.49. The summed E-state index contributed by atoms with van der Waals surface area (Å²) < 4.78 is 11.4. The minimum absolute atomic E-state index is 0.218. The van der Waals surface area contributed by atoms with Gasteiger partial charge in [0.05, 0.1) is 11.6 Å². The fourth-order valence-corrected chi connectivity index (χ4v) is 3.90. The number of aromatic nitrogens is 3. The van der Waals surface area contributed by atoms with Crippen molar-refractivity contribution in [2.75, 3.05) is 6.54 Å². The highest BCUT2D eigenvalue weighted by Gasteiger charge is 2.37. The molecule has 7 nitrogen and oxygen atoms in total. The summed E-state index contributed by atoms with van der Waals surface area (Å²) in [7, 11) is 0. The molecule has 1 unspecified atom stereocenters. The zero-order valence-electron chi connectivity index (χ0n) is 17.1. The third kappa shape index (κ3) is 3.61. The number of hydrogen-bond donors (Lipinski definition) is 1. The molecule has 4 heterocycles. The van der Waals surface area contributed by atoms with Crippen molar-refractivity contribution in [3.8, 4) is 17.1 Å². The Hall–Kier alpha value is -3.06. The van der Waals surface area contributed by atoms with Crippen LogP contribution in [0.1, 0.15) is 47.0 Å². The third-order valence-corrected chi connectivity index (χ3v) is 5.85. The minimum Gasteiger partial charge on any atom is -0.473 e. The van der Waals surface area contributed by atoms with Crippen LogP contribution in [0.25, 0.3) is 11.3 Å². The zero-order chi connectivity index (χ0) is 20.7. The fraction of sp³-hybridized carbons (Fsp3) is 0.391. The van der Waals surface area contributed by atoms with E-state index in [1.165, 1.54) is 0 Å². The van der Waals surface area contributed by atoms with Gasteiger partial charge >= 0.3 is 0 Å². The first-order chi connectivity index (χ1) is 14.6. The van der Waals surface area contributed by atoms with Gasteiger partial charge in [0.1, 0.15) is 18.1 Å². The van der Waals surface area contributed by atoms with E-state index in [1.54, 1.807) is 12.4 Å². The molecule has 0 bridgehead atoms. The number of Topliss-reactive ketones (excluding diaryl/α,β-unsaturated/α-hetero) is 1. The van der Waals surface area contributed by atoms with Crippen LogP contribution in [0.5, 0.6) is 5.88 Å². The Morgan fingerprint density at radius 3 is 2.87 bits per heavy atom. The molecule has 0 radical (unpaired) electrons. The maximum atomic E-state index is 12.6. The highest BCUT2D eigenvalue weighted by atomic mass is 16.5. The molecule has 1 fully saturated rings. The van der Waals surface area contributed by atoms with Gasteiger partial charge in [-0.2, -0.15) is 0 Å². The number of carbonyl (C=O) groups excluding carboxylic acids is 1. The minimum atomic E-state index is -0.233. The number of aryl methyl sites for hydroxylation is 2. The number of rotatable bonds is 6. The summed E-state index contributed by atoms with van der Waals surface area (Å²) >= 11 is 0. The van der Waals surface area contributed by atoms with Crippen molar-refractivity contribution < 1.29 is 14.1 Å². The van der Waals surface area contributed by atoms with Crippen LogP contribution >= 0.6 is 0 Å². The second-order valence-corrected chi connectivity index (χ2v) is 8.08. The predicted molar refractivity (Wildman–Crippen MR) is 110 cm³/mol. The number of nitrogens with one attached hydrogen (secondary N) is 1. The number of nitrogens with zero attached hydrogens (tertiary/aromatic N) is 3. The van der Waals surface area contributed by atoms with Crippen LogP contribution in [0.2, 0.25) is 0 Å². The van der Waals surface area contributed by atoms with Crippen LogP contribution < -0.4 is 10.1 Å². The zero-order valence-corrected chi connectivity index (χ0v) is 17.1. The molecule has 3 aromatic heterocycles. The molecular weight excluding hydrogens is 380 g/mol. The molecule has 5 rings (SSSR count). The summed E-state index contributed by atoms with van der Waals surface area (Å²) in [5.41, 5.74) is 5.56. The third-order valence-electron chi connectivity index (χ3n) is 5.85. The lowest BCUT2D eigenvalue weighted by atomic mass is 9.92. The lowest BCUT2D eigenvalue weighted by Gasteiger charge is -2.26. The van der Waals surface area contributed by atoms with E-state index in [4.69, 9.17) is 9.26 Å². The Kier molecular flexibility index (Phi) is 4.83. The fourth-order valence-electron chi connectivity index (χ4n) is 3.90. The average Bonchev–Trinajstić information content (AvgIpc) is 3.55. The molecule has 1 saturated carbocycles. The monoisotopic (exact) mass is 404 g/mol. The molecule has 1 aliphatic heterocycles. The normalized spacial score (nSPS) is 18.1. The molecule has 1 N–H and O–H groups in total. The van der Waals surface area contributed by atoms with Crippen molar-refractivity contribution in [1.29, 1.82) is 0 Å². The van der Waals surface area contributed by atoms with Gasteiger partial charge in [0.25, 0.3) is 0 Å². The molecule has 1 aliphatic carbocycles. The highest BCUT2D eigenvalue weighted by molar-refractivity contribution is 5.89. The van der Waals surface area contributed by atoms with Gasteiger partial charge in [-0.15, -0.1) is 0 Å². The van der Waals surface area contributed by atoms with E-state index in [9.17, 15) is 4.79 Å². The second kappa shape index (κ2) is 7.65. The van der Waals surface area contributed by atoms with E-state index < -0.39 is 0 Å². The molecular formula is C23H24N4O3. The Balaban J connectivity index is 1.35. The van der Waals surface area contributed by atoms with Gasteiger partial charge < -0.3 is 14.6 Å². The van der Waals surface area contributed by atoms with Crippen molar-refractivity contribution in [2.45, 2.75) is 45.8 Å². The van der Waals surface area contributed by atoms with Gasteiger partial charge in [0.2, 0.25) is 5.88 Å². The SMILES string of the molecule is Cc1ccc(-c2noc(C)c2COc2cc3c(cn2)C(C(=O)C2CC2)NCC3)cn1. The average molecular weight is 404 g/mol. The molecule has 0 amide bonds. The van der Waals surface area contributed by atoms with E-state index in [0.717, 1.165) is 59.4 Å². The van der Waals surface area contributed by atoms with E-state index >= 15 is 0 Å². The molecule has 0 spiro atoms. The van der Waals surface area contributed by atoms with Crippen molar-refractivity contribution in [2.24, 2.45) is 5.92 Å². The molecule has 154 valence electrons. The largest absolute Gasteiger partial charge is 0.473 e. The Labute approximate surface area is 174 Å². The number of ether oxygens (including phenoxy) is 1. The maximum absolute atomic E-state index is 12.6. The summed E-state index contributed by atoms with van der Waals surface area (Å²) in [6.45, 7) is 4.90. The smallest absolute Gasteiger partial charge is 0.213 e. The summed E-state index contributed by atoms with van der Waals surface area (Å²) in [4.78, 5) is 21.4. The first kappa shape index (κ1) is 18.9. The van der Waals surface area contributed by atoms with Gasteiger partial charge in [-0.1, -0.05) is 5.16 Å². The molecule has 2 aliphatic rings. The number of pyridine rings is 2. The van der Waals surface area contributed by atoms with E-state index in [1.807, 2.05) is 32.0 Å². The van der Waals surface area contributed by atoms with Gasteiger partial charge in [0, 0.05) is 42.2 Å². The summed E-state index contributed by atoms with van der Waals surface area (Å²) in [5.74, 6) is 1.77. The van der Waals surface area contributed by atoms with Crippen LogP contribution in [-0.4, -0.2) is 27.5 Å². The van der Waals surface area contributed by atoms with Gasteiger partial charge in [-0.05, 0) is 56.4 Å². The molecule has 1 atom stereocenters. The van der Waals surface area contributed by atoms with Gasteiger partial charge in [-0.25, -0.2) is 4.98 Å². The van der Waals surface area contributed by atoms with Crippen LogP contribution in [0.15, 0.2) is 35.1 Å². The number of hydrogen-bond acceptors (Lipinski definition) is 7. The molecule has 3 aromatic rings. The van der Waals surface area contributed by atoms with Crippen LogP contribution in [0, 0.1) is 19.8 Å². The van der Waals surface area contributed by atoms with E-state index in [-0.39, 0.29) is 12.0 Å². The highest BCUT2D eigenvalue weighted by Crippen LogP contribution is 2.37. The summed E-state index contributed by atoms with van der Waals surface area (Å²) in [6.07, 6.45) is 6.45. The van der Waals surface area contributed by atoms with Crippen molar-refractivity contribution in [1.82, 2.24) is 20.4 Å². The second-order valence-electron chi connectivity index (χ2n) is 8.08. The van der Waals surface area contributed by atoms with Crippen LogP contribution in [-0.2, 0) is 17.8 Å². The Bertz CT molecular complexity index is 1090. The van der Waals surface area contributed by atoms with Gasteiger partial charge in [0.15, 0.2) is 5.78 Å². The van der Waals surface area contributed by atoms with Crippen molar-refractivity contribution in [3.63, 3.8) is 0 Å². The Morgan fingerprint density at radius 2 is 2.10 bits per heavy atom. The van der Waals surface area contributed by atoms with Crippen LogP contribution in [0.4, 0.5) is 0 Å². The van der Waals surface area contributed by atoms with Crippen molar-refractivity contribution in [3.05, 3.63) is 58.7 Å². The maximum Gasteiger partial charge on any atom is 0.213 e. The van der Waals surface area contributed by atoms with Crippen molar-refractivity contribution >= 4 is 5.78 Å². The first-order valence-electron chi connectivity index (χ1n) is 10.4. The molecule has 0 saturated heterocycles. The Morgan fingerprint density at radius 1 is 1.23 bits per heavy atom. The number of carbonyl (C=O) groups is 1. The summed E-state index contributed by atoms with van der Waals surface area (Å²) in [5, 5.41) is 7.54. The van der Waals surface area contributed by atoms with E-state index in [2.05, 4.69) is 20.4 Å². The topological polar surface area (TPSA) is 90.1 Å². The lowest BCUT2D eigenvalue weighted by Crippen LogP contribution is -2.36. The quantitative estimate of drug-likeness (QED) is 0.672. The summed E-state index contributed by atoms with van der Waals surface area (Å²) in [6, 6.07) is 5.65.